The molecule has 0 aliphatic rings. The second-order valence-electron chi connectivity index (χ2n) is 5.73. The molecule has 11 heteroatoms. The SMILES string of the molecule is CC(C)=CCC/C(C)=C/Cn1cc(C=C(P(=O)([O-])[O-])P(=O)([O-])[O-])nn1. The van der Waals surface area contributed by atoms with Crippen LogP contribution in [0.3, 0.4) is 0 Å². The lowest BCUT2D eigenvalue weighted by Crippen LogP contribution is -2.23. The molecule has 0 bridgehead atoms. The van der Waals surface area contributed by atoms with Crippen LogP contribution in [0.15, 0.2) is 34.6 Å². The summed E-state index contributed by atoms with van der Waals surface area (Å²) in [7, 11) is -11.5. The van der Waals surface area contributed by atoms with E-state index in [0.717, 1.165) is 18.4 Å². The van der Waals surface area contributed by atoms with E-state index in [1.807, 2.05) is 26.8 Å². The molecule has 9 nitrogen and oxygen atoms in total. The highest BCUT2D eigenvalue weighted by Crippen LogP contribution is 2.55. The van der Waals surface area contributed by atoms with Crippen LogP contribution >= 0.6 is 15.2 Å². The Balaban J connectivity index is 2.86. The largest absolute Gasteiger partial charge is 0.807 e. The van der Waals surface area contributed by atoms with Crippen LogP contribution in [0.4, 0.5) is 0 Å². The Hall–Kier alpha value is -1.34. The van der Waals surface area contributed by atoms with E-state index < -0.39 is 20.2 Å². The van der Waals surface area contributed by atoms with Gasteiger partial charge in [0, 0.05) is 0 Å². The van der Waals surface area contributed by atoms with Crippen molar-refractivity contribution in [2.75, 3.05) is 0 Å². The van der Waals surface area contributed by atoms with E-state index in [2.05, 4.69) is 16.4 Å². The van der Waals surface area contributed by atoms with Gasteiger partial charge in [0.25, 0.3) is 0 Å². The maximum Gasteiger partial charge on any atom is 0.106 e. The van der Waals surface area contributed by atoms with Crippen molar-refractivity contribution in [1.82, 2.24) is 15.0 Å². The summed E-state index contributed by atoms with van der Waals surface area (Å²) >= 11 is 0. The van der Waals surface area contributed by atoms with E-state index in [1.165, 1.54) is 16.5 Å². The molecule has 1 aromatic heterocycles. The van der Waals surface area contributed by atoms with E-state index in [1.54, 1.807) is 0 Å². The monoisotopic (exact) mass is 387 g/mol. The molecule has 0 aromatic carbocycles. The molecule has 0 saturated carbocycles. The second-order valence-corrected chi connectivity index (χ2v) is 9.04. The number of aromatic nitrogens is 3. The zero-order chi connectivity index (χ0) is 19.3. The predicted octanol–water partition coefficient (Wildman–Crippen LogP) is 0.0966. The molecular weight excluding hydrogens is 368 g/mol. The maximum absolute atomic E-state index is 10.9. The summed E-state index contributed by atoms with van der Waals surface area (Å²) in [6.07, 6.45) is 7.44. The fourth-order valence-electron chi connectivity index (χ4n) is 1.85. The Bertz CT molecular complexity index is 756. The molecule has 1 aromatic rings. The normalized spacial score (nSPS) is 12.8. The molecule has 0 spiro atoms. The van der Waals surface area contributed by atoms with Gasteiger partial charge >= 0.3 is 0 Å². The first kappa shape index (κ1) is 21.7. The zero-order valence-electron chi connectivity index (χ0n) is 14.1. The van der Waals surface area contributed by atoms with Crippen LogP contribution in [0, 0.1) is 0 Å². The van der Waals surface area contributed by atoms with Gasteiger partial charge in [0.1, 0.15) is 5.69 Å². The first-order chi connectivity index (χ1) is 11.4. The lowest BCUT2D eigenvalue weighted by Gasteiger charge is -2.43. The van der Waals surface area contributed by atoms with Crippen molar-refractivity contribution in [1.29, 1.82) is 0 Å². The minimum absolute atomic E-state index is 0.204. The first-order valence-corrected chi connectivity index (χ1v) is 10.4. The van der Waals surface area contributed by atoms with Gasteiger partial charge < -0.3 is 28.7 Å². The minimum Gasteiger partial charge on any atom is -0.807 e. The molecule has 1 heterocycles. The highest BCUT2D eigenvalue weighted by atomic mass is 31.2. The summed E-state index contributed by atoms with van der Waals surface area (Å²) in [5, 5.41) is 5.52. The fraction of sp³-hybridized carbons (Fsp3) is 0.429. The fourth-order valence-corrected chi connectivity index (χ4v) is 3.63. The molecule has 25 heavy (non-hydrogen) atoms. The number of hydrogen-bond acceptors (Lipinski definition) is 8. The number of rotatable bonds is 8. The number of nitrogens with zero attached hydrogens (tertiary/aromatic N) is 3. The lowest BCUT2D eigenvalue weighted by atomic mass is 10.1. The second kappa shape index (κ2) is 8.85. The molecule has 0 aliphatic carbocycles. The molecule has 0 radical (unpaired) electrons. The number of hydrogen-bond donors (Lipinski definition) is 0. The highest BCUT2D eigenvalue weighted by Gasteiger charge is 2.09. The third-order valence-electron chi connectivity index (χ3n) is 3.11. The van der Waals surface area contributed by atoms with Gasteiger partial charge in [0.2, 0.25) is 0 Å². The molecule has 140 valence electrons. The summed E-state index contributed by atoms with van der Waals surface area (Å²) in [6, 6.07) is 0. The molecule has 1 rings (SSSR count). The smallest absolute Gasteiger partial charge is 0.106 e. The third-order valence-corrected chi connectivity index (χ3v) is 5.96. The van der Waals surface area contributed by atoms with Crippen molar-refractivity contribution < 1.29 is 28.7 Å². The Morgan fingerprint density at radius 1 is 1.12 bits per heavy atom. The van der Waals surface area contributed by atoms with Crippen molar-refractivity contribution in [3.05, 3.63) is 40.2 Å². The van der Waals surface area contributed by atoms with Crippen LogP contribution in [0.2, 0.25) is 0 Å². The average Bonchev–Trinajstić information content (AvgIpc) is 2.87. The van der Waals surface area contributed by atoms with Crippen LogP contribution in [0.25, 0.3) is 6.08 Å². The van der Waals surface area contributed by atoms with Crippen molar-refractivity contribution in [3.8, 4) is 0 Å². The lowest BCUT2D eigenvalue weighted by molar-refractivity contribution is -0.319. The van der Waals surface area contributed by atoms with Gasteiger partial charge in [0.15, 0.2) is 0 Å². The van der Waals surface area contributed by atoms with E-state index >= 15 is 0 Å². The predicted molar refractivity (Wildman–Crippen MR) is 85.6 cm³/mol. The summed E-state index contributed by atoms with van der Waals surface area (Å²) in [5.74, 6) is 0. The first-order valence-electron chi connectivity index (χ1n) is 7.35. The van der Waals surface area contributed by atoms with Crippen LogP contribution in [0.5, 0.6) is 0 Å². The van der Waals surface area contributed by atoms with Crippen molar-refractivity contribution in [2.24, 2.45) is 0 Å². The van der Waals surface area contributed by atoms with Gasteiger partial charge in [0.05, 0.1) is 12.7 Å². The quantitative estimate of drug-likeness (QED) is 0.449. The molecular formula is C14H19N3O6P2-4. The molecule has 0 atom stereocenters. The molecule has 0 fully saturated rings. The van der Waals surface area contributed by atoms with E-state index in [-0.39, 0.29) is 5.69 Å². The summed E-state index contributed by atoms with van der Waals surface area (Å²) in [5.41, 5.74) is 2.14. The molecule has 0 amide bonds. The summed E-state index contributed by atoms with van der Waals surface area (Å²) in [6.45, 7) is 6.31. The Labute approximate surface area is 146 Å². The Morgan fingerprint density at radius 3 is 2.24 bits per heavy atom. The van der Waals surface area contributed by atoms with Gasteiger partial charge in [-0.2, -0.15) is 0 Å². The van der Waals surface area contributed by atoms with Gasteiger partial charge in [-0.15, -0.1) is 5.10 Å². The topological polar surface area (TPSA) is 157 Å². The van der Waals surface area contributed by atoms with Crippen molar-refractivity contribution in [3.63, 3.8) is 0 Å². The van der Waals surface area contributed by atoms with Crippen LogP contribution in [-0.2, 0) is 15.7 Å². The maximum atomic E-state index is 10.9. The standard InChI is InChI=1S/C14H23N3O6P2/c1-11(2)5-4-6-12(3)7-8-17-10-13(15-16-17)9-14(24(18,19)20)25(21,22)23/h5,7,9-10H,4,6,8H2,1-3H3,(H2,18,19,20)(H2,21,22,23)/p-4/b12-7+. The zero-order valence-corrected chi connectivity index (χ0v) is 15.9. The van der Waals surface area contributed by atoms with E-state index in [9.17, 15) is 28.7 Å². The summed E-state index contributed by atoms with van der Waals surface area (Å²) < 4.78 is 23.2. The van der Waals surface area contributed by atoms with E-state index in [4.69, 9.17) is 0 Å². The van der Waals surface area contributed by atoms with Crippen molar-refractivity contribution in [2.45, 2.75) is 40.2 Å². The number of allylic oxidation sites excluding steroid dienone is 4. The van der Waals surface area contributed by atoms with Crippen LogP contribution in [-0.4, -0.2) is 15.0 Å². The molecule has 0 aliphatic heterocycles. The molecule has 0 N–H and O–H groups in total. The van der Waals surface area contributed by atoms with Crippen LogP contribution < -0.4 is 19.6 Å². The van der Waals surface area contributed by atoms with Crippen LogP contribution in [0.1, 0.15) is 39.3 Å². The van der Waals surface area contributed by atoms with E-state index in [0.29, 0.717) is 12.6 Å². The Kier molecular flexibility index (Phi) is 7.68. The molecule has 0 unspecified atom stereocenters. The minimum atomic E-state index is -5.73. The Morgan fingerprint density at radius 2 is 1.72 bits per heavy atom. The average molecular weight is 387 g/mol. The van der Waals surface area contributed by atoms with Crippen molar-refractivity contribution >= 4 is 21.3 Å². The summed E-state index contributed by atoms with van der Waals surface area (Å²) in [4.78, 5) is 43.7. The molecule has 0 saturated heterocycles. The highest BCUT2D eigenvalue weighted by molar-refractivity contribution is 7.74. The van der Waals surface area contributed by atoms with Gasteiger partial charge in [-0.25, -0.2) is 4.68 Å². The van der Waals surface area contributed by atoms with Gasteiger partial charge in [-0.3, -0.25) is 0 Å². The third kappa shape index (κ3) is 8.05. The van der Waals surface area contributed by atoms with Gasteiger partial charge in [-0.05, 0) is 59.9 Å². The van der Waals surface area contributed by atoms with Gasteiger partial charge in [-0.1, -0.05) is 28.5 Å².